The Kier molecular flexibility index (Phi) is 4.99. The highest BCUT2D eigenvalue weighted by molar-refractivity contribution is 7.89. The zero-order valence-electron chi connectivity index (χ0n) is 13.1. The number of rotatable bonds is 5. The minimum Gasteiger partial charge on any atom is -0.379 e. The van der Waals surface area contributed by atoms with Crippen molar-refractivity contribution in [1.29, 1.82) is 0 Å². The lowest BCUT2D eigenvalue weighted by molar-refractivity contribution is 0.0730. The second-order valence-electron chi connectivity index (χ2n) is 5.33. The molecule has 0 aromatic carbocycles. The van der Waals surface area contributed by atoms with Crippen molar-refractivity contribution in [2.75, 3.05) is 26.3 Å². The van der Waals surface area contributed by atoms with E-state index in [0.717, 1.165) is 10.7 Å². The maximum Gasteiger partial charge on any atom is 0.268 e. The van der Waals surface area contributed by atoms with E-state index in [4.69, 9.17) is 4.74 Å². The molecule has 0 atom stereocenters. The van der Waals surface area contributed by atoms with Crippen molar-refractivity contribution in [1.82, 2.24) is 19.6 Å². The van der Waals surface area contributed by atoms with E-state index in [1.807, 2.05) is 12.3 Å². The lowest BCUT2D eigenvalue weighted by Crippen LogP contribution is -2.40. The molecule has 0 saturated carbocycles. The van der Waals surface area contributed by atoms with Gasteiger partial charge in [-0.3, -0.25) is 4.79 Å². The monoisotopic (exact) mass is 370 g/mol. The van der Waals surface area contributed by atoms with Crippen molar-refractivity contribution in [3.63, 3.8) is 0 Å². The largest absolute Gasteiger partial charge is 0.379 e. The van der Waals surface area contributed by atoms with E-state index in [1.54, 1.807) is 0 Å². The maximum atomic E-state index is 12.5. The number of carbonyl (C=O) groups excluding carboxylic acids is 1. The molecule has 0 bridgehead atoms. The lowest BCUT2D eigenvalue weighted by atomic mass is 10.4. The first-order chi connectivity index (χ1) is 11.5. The summed E-state index contributed by atoms with van der Waals surface area (Å²) in [4.78, 5) is 19.2. The third kappa shape index (κ3) is 3.66. The predicted molar refractivity (Wildman–Crippen MR) is 88.4 cm³/mol. The molecule has 1 aliphatic rings. The van der Waals surface area contributed by atoms with Gasteiger partial charge in [-0.15, -0.1) is 11.3 Å². The van der Waals surface area contributed by atoms with Gasteiger partial charge in [0.1, 0.15) is 15.6 Å². The molecule has 1 amide bonds. The Morgan fingerprint density at radius 2 is 2.21 bits per heavy atom. The van der Waals surface area contributed by atoms with Gasteiger partial charge in [-0.2, -0.15) is 4.31 Å². The highest BCUT2D eigenvalue weighted by Crippen LogP contribution is 2.18. The number of sulfonamides is 1. The first kappa shape index (κ1) is 17.1. The van der Waals surface area contributed by atoms with Crippen LogP contribution in [0.5, 0.6) is 0 Å². The van der Waals surface area contributed by atoms with Crippen LogP contribution in [0.25, 0.3) is 0 Å². The number of aryl methyl sites for hydroxylation is 1. The van der Waals surface area contributed by atoms with Gasteiger partial charge in [0.15, 0.2) is 0 Å². The fourth-order valence-corrected chi connectivity index (χ4v) is 4.44. The summed E-state index contributed by atoms with van der Waals surface area (Å²) in [6, 6.07) is 1.35. The number of hydrogen-bond donors (Lipinski definition) is 2. The highest BCUT2D eigenvalue weighted by Gasteiger charge is 2.27. The molecule has 0 unspecified atom stereocenters. The number of morpholine rings is 1. The zero-order valence-corrected chi connectivity index (χ0v) is 14.7. The molecular formula is C14H18N4O4S2. The fraction of sp³-hybridized carbons (Fsp3) is 0.429. The summed E-state index contributed by atoms with van der Waals surface area (Å²) in [5, 5.41) is 5.43. The Morgan fingerprint density at radius 3 is 2.88 bits per heavy atom. The quantitative estimate of drug-likeness (QED) is 0.807. The van der Waals surface area contributed by atoms with Gasteiger partial charge in [0.2, 0.25) is 10.0 Å². The normalized spacial score (nSPS) is 16.2. The number of thiazole rings is 1. The van der Waals surface area contributed by atoms with Crippen LogP contribution in [-0.2, 0) is 21.3 Å². The number of nitrogens with zero attached hydrogens (tertiary/aromatic N) is 2. The van der Waals surface area contributed by atoms with Gasteiger partial charge >= 0.3 is 0 Å². The Hall–Kier alpha value is -1.75. The van der Waals surface area contributed by atoms with Crippen LogP contribution in [0.4, 0.5) is 0 Å². The van der Waals surface area contributed by atoms with Crippen molar-refractivity contribution in [3.05, 3.63) is 34.0 Å². The number of nitrogens with one attached hydrogen (secondary N) is 2. The van der Waals surface area contributed by atoms with Gasteiger partial charge in [-0.05, 0) is 13.0 Å². The molecule has 0 radical (unpaired) electrons. The van der Waals surface area contributed by atoms with E-state index < -0.39 is 10.0 Å². The minimum absolute atomic E-state index is 0.0830. The molecule has 0 spiro atoms. The molecule has 8 nitrogen and oxygen atoms in total. The fourth-order valence-electron chi connectivity index (χ4n) is 2.33. The van der Waals surface area contributed by atoms with E-state index in [-0.39, 0.29) is 16.5 Å². The van der Waals surface area contributed by atoms with Crippen molar-refractivity contribution in [3.8, 4) is 0 Å². The summed E-state index contributed by atoms with van der Waals surface area (Å²) >= 11 is 1.46. The van der Waals surface area contributed by atoms with Gasteiger partial charge in [0.05, 0.1) is 19.8 Å². The standard InChI is InChI=1S/C14H18N4O4S2/c1-10-9-23-13(17-10)8-16-14(19)12-6-11(7-15-12)24(20,21)18-2-4-22-5-3-18/h6-7,9,15H,2-5,8H2,1H3,(H,16,19). The molecule has 3 heterocycles. The van der Waals surface area contributed by atoms with Crippen LogP contribution in [0.1, 0.15) is 21.2 Å². The zero-order chi connectivity index (χ0) is 17.2. The van der Waals surface area contributed by atoms with Crippen molar-refractivity contribution in [2.24, 2.45) is 0 Å². The van der Waals surface area contributed by atoms with Crippen LogP contribution in [0.3, 0.4) is 0 Å². The molecule has 2 aromatic rings. The van der Waals surface area contributed by atoms with E-state index in [9.17, 15) is 13.2 Å². The summed E-state index contributed by atoms with van der Waals surface area (Å²) in [6.07, 6.45) is 1.34. The van der Waals surface area contributed by atoms with Crippen molar-refractivity contribution >= 4 is 27.3 Å². The van der Waals surface area contributed by atoms with Gasteiger partial charge in [-0.1, -0.05) is 0 Å². The molecule has 1 saturated heterocycles. The van der Waals surface area contributed by atoms with E-state index in [0.29, 0.717) is 32.8 Å². The number of aromatic nitrogens is 2. The van der Waals surface area contributed by atoms with Gasteiger partial charge < -0.3 is 15.0 Å². The Balaban J connectivity index is 1.66. The number of hydrogen-bond acceptors (Lipinski definition) is 6. The van der Waals surface area contributed by atoms with Crippen LogP contribution in [0.2, 0.25) is 0 Å². The molecule has 24 heavy (non-hydrogen) atoms. The number of H-pyrrole nitrogens is 1. The summed E-state index contributed by atoms with van der Waals surface area (Å²) in [5.74, 6) is -0.369. The summed E-state index contributed by atoms with van der Waals surface area (Å²) in [5.41, 5.74) is 1.11. The van der Waals surface area contributed by atoms with E-state index in [1.165, 1.54) is 27.9 Å². The van der Waals surface area contributed by atoms with Crippen molar-refractivity contribution < 1.29 is 17.9 Å². The predicted octanol–water partition coefficient (Wildman–Crippen LogP) is 0.731. The smallest absolute Gasteiger partial charge is 0.268 e. The topological polar surface area (TPSA) is 104 Å². The Bertz CT molecular complexity index is 821. The molecule has 130 valence electrons. The third-order valence-corrected chi connectivity index (χ3v) is 6.42. The number of aromatic amines is 1. The first-order valence-electron chi connectivity index (χ1n) is 7.42. The van der Waals surface area contributed by atoms with Crippen LogP contribution in [0, 0.1) is 6.92 Å². The third-order valence-electron chi connectivity index (χ3n) is 3.58. The van der Waals surface area contributed by atoms with E-state index in [2.05, 4.69) is 15.3 Å². The number of ether oxygens (including phenoxy) is 1. The maximum absolute atomic E-state index is 12.5. The highest BCUT2D eigenvalue weighted by atomic mass is 32.2. The van der Waals surface area contributed by atoms with Crippen LogP contribution < -0.4 is 5.32 Å². The molecule has 1 aliphatic heterocycles. The molecule has 3 rings (SSSR count). The first-order valence-corrected chi connectivity index (χ1v) is 9.74. The van der Waals surface area contributed by atoms with Gasteiger partial charge in [0, 0.05) is 30.4 Å². The SMILES string of the molecule is Cc1csc(CNC(=O)c2cc(S(=O)(=O)N3CCOCC3)c[nH]2)n1. The van der Waals surface area contributed by atoms with Crippen LogP contribution in [-0.4, -0.2) is 54.9 Å². The molecular weight excluding hydrogens is 352 g/mol. The Morgan fingerprint density at radius 1 is 1.46 bits per heavy atom. The minimum atomic E-state index is -3.61. The average Bonchev–Trinajstić information content (AvgIpc) is 3.23. The lowest BCUT2D eigenvalue weighted by Gasteiger charge is -2.25. The molecule has 2 N–H and O–H groups in total. The number of amides is 1. The van der Waals surface area contributed by atoms with E-state index >= 15 is 0 Å². The summed E-state index contributed by atoms with van der Waals surface area (Å²) in [7, 11) is -3.61. The van der Waals surface area contributed by atoms with Gasteiger partial charge in [0.25, 0.3) is 5.91 Å². The van der Waals surface area contributed by atoms with Crippen LogP contribution in [0.15, 0.2) is 22.5 Å². The summed E-state index contributed by atoms with van der Waals surface area (Å²) in [6.45, 7) is 3.59. The second kappa shape index (κ2) is 7.01. The summed E-state index contributed by atoms with van der Waals surface area (Å²) < 4.78 is 31.6. The molecule has 1 fully saturated rings. The van der Waals surface area contributed by atoms with Crippen LogP contribution >= 0.6 is 11.3 Å². The van der Waals surface area contributed by atoms with Gasteiger partial charge in [-0.25, -0.2) is 13.4 Å². The Labute approximate surface area is 143 Å². The molecule has 0 aliphatic carbocycles. The molecule has 10 heteroatoms. The number of carbonyl (C=O) groups is 1. The van der Waals surface area contributed by atoms with Crippen molar-refractivity contribution in [2.45, 2.75) is 18.4 Å². The average molecular weight is 370 g/mol. The molecule has 2 aromatic heterocycles. The second-order valence-corrected chi connectivity index (χ2v) is 8.21.